The Morgan fingerprint density at radius 3 is 2.41 bits per heavy atom. The average molecular weight is 345 g/mol. The van der Waals surface area contributed by atoms with Crippen molar-refractivity contribution < 1.29 is 9.90 Å². The highest BCUT2D eigenvalue weighted by Crippen LogP contribution is 2.25. The molecule has 1 heterocycles. The maximum atomic E-state index is 11.3. The molecule has 0 radical (unpaired) electrons. The Kier molecular flexibility index (Phi) is 4.25. The van der Waals surface area contributed by atoms with Crippen LogP contribution in [0.1, 0.15) is 36.0 Å². The van der Waals surface area contributed by atoms with E-state index < -0.39 is 5.97 Å². The molecule has 1 saturated heterocycles. The molecule has 0 unspecified atom stereocenters. The van der Waals surface area contributed by atoms with E-state index in [0.29, 0.717) is 5.56 Å². The lowest BCUT2D eigenvalue weighted by Crippen LogP contribution is -2.25. The van der Waals surface area contributed by atoms with Crippen molar-refractivity contribution >= 4 is 34.2 Å². The molecule has 0 spiro atoms. The van der Waals surface area contributed by atoms with Gasteiger partial charge in [0.15, 0.2) is 0 Å². The van der Waals surface area contributed by atoms with Crippen LogP contribution in [0.2, 0.25) is 0 Å². The standard InChI is InChI=1S/C13H16INO2/c14-10-5-6-12(11(9-10)13(16)17)15-7-3-1-2-4-8-15/h5-6,9H,1-4,7-8H2,(H,16,17). The predicted octanol–water partition coefficient (Wildman–Crippen LogP) is 3.37. The SMILES string of the molecule is O=C(O)c1cc(I)ccc1N1CCCCCC1. The fourth-order valence-corrected chi connectivity index (χ4v) is 2.76. The average Bonchev–Trinajstić information content (AvgIpc) is 2.57. The first kappa shape index (κ1) is 12.7. The normalized spacial score (nSPS) is 16.6. The molecule has 1 aliphatic rings. The van der Waals surface area contributed by atoms with Gasteiger partial charge in [-0.2, -0.15) is 0 Å². The lowest BCUT2D eigenvalue weighted by atomic mass is 10.1. The number of rotatable bonds is 2. The zero-order valence-electron chi connectivity index (χ0n) is 9.66. The van der Waals surface area contributed by atoms with Gasteiger partial charge >= 0.3 is 5.97 Å². The number of hydrogen-bond donors (Lipinski definition) is 1. The van der Waals surface area contributed by atoms with Gasteiger partial charge in [-0.3, -0.25) is 0 Å². The van der Waals surface area contributed by atoms with E-state index in [-0.39, 0.29) is 0 Å². The third-order valence-electron chi connectivity index (χ3n) is 3.14. The molecule has 0 aromatic heterocycles. The molecule has 0 saturated carbocycles. The van der Waals surface area contributed by atoms with Crippen molar-refractivity contribution in [3.8, 4) is 0 Å². The molecule has 4 heteroatoms. The number of benzene rings is 1. The van der Waals surface area contributed by atoms with Gasteiger partial charge in [-0.25, -0.2) is 4.79 Å². The summed E-state index contributed by atoms with van der Waals surface area (Å²) in [5.41, 5.74) is 1.30. The molecule has 0 amide bonds. The molecule has 1 aliphatic heterocycles. The minimum atomic E-state index is -0.831. The van der Waals surface area contributed by atoms with Gasteiger partial charge in [-0.1, -0.05) is 12.8 Å². The molecule has 0 aliphatic carbocycles. The van der Waals surface area contributed by atoms with Gasteiger partial charge in [0, 0.05) is 16.7 Å². The minimum Gasteiger partial charge on any atom is -0.478 e. The summed E-state index contributed by atoms with van der Waals surface area (Å²) in [5.74, 6) is -0.831. The van der Waals surface area contributed by atoms with E-state index in [1.165, 1.54) is 12.8 Å². The Bertz CT molecular complexity index is 412. The van der Waals surface area contributed by atoms with Crippen molar-refractivity contribution in [1.29, 1.82) is 0 Å². The van der Waals surface area contributed by atoms with E-state index in [0.717, 1.165) is 35.2 Å². The summed E-state index contributed by atoms with van der Waals surface area (Å²) in [5, 5.41) is 9.26. The summed E-state index contributed by atoms with van der Waals surface area (Å²) >= 11 is 2.15. The van der Waals surface area contributed by atoms with E-state index in [9.17, 15) is 9.90 Å². The topological polar surface area (TPSA) is 40.5 Å². The van der Waals surface area contributed by atoms with Crippen LogP contribution in [0, 0.1) is 3.57 Å². The van der Waals surface area contributed by atoms with E-state index >= 15 is 0 Å². The molecule has 2 rings (SSSR count). The number of carboxylic acid groups (broad SMARTS) is 1. The summed E-state index contributed by atoms with van der Waals surface area (Å²) in [6.45, 7) is 1.95. The lowest BCUT2D eigenvalue weighted by Gasteiger charge is -2.24. The molecule has 1 aromatic carbocycles. The van der Waals surface area contributed by atoms with Crippen LogP contribution < -0.4 is 4.90 Å². The van der Waals surface area contributed by atoms with Crippen LogP contribution >= 0.6 is 22.6 Å². The number of aromatic carboxylic acids is 1. The highest BCUT2D eigenvalue weighted by atomic mass is 127. The van der Waals surface area contributed by atoms with Crippen molar-refractivity contribution in [2.24, 2.45) is 0 Å². The zero-order valence-corrected chi connectivity index (χ0v) is 11.8. The maximum absolute atomic E-state index is 11.3. The molecule has 3 nitrogen and oxygen atoms in total. The fraction of sp³-hybridized carbons (Fsp3) is 0.462. The number of carboxylic acids is 1. The second-order valence-electron chi connectivity index (χ2n) is 4.37. The second-order valence-corrected chi connectivity index (χ2v) is 5.61. The Hall–Kier alpha value is -0.780. The van der Waals surface area contributed by atoms with Crippen LogP contribution in [-0.2, 0) is 0 Å². The van der Waals surface area contributed by atoms with Crippen molar-refractivity contribution in [3.63, 3.8) is 0 Å². The molecule has 1 fully saturated rings. The van der Waals surface area contributed by atoms with Gasteiger partial charge in [-0.15, -0.1) is 0 Å². The number of carbonyl (C=O) groups is 1. The molecular weight excluding hydrogens is 329 g/mol. The van der Waals surface area contributed by atoms with Crippen LogP contribution in [0.25, 0.3) is 0 Å². The van der Waals surface area contributed by atoms with E-state index in [2.05, 4.69) is 27.5 Å². The molecule has 0 atom stereocenters. The molecule has 1 N–H and O–H groups in total. The third-order valence-corrected chi connectivity index (χ3v) is 3.81. The van der Waals surface area contributed by atoms with E-state index in [4.69, 9.17) is 0 Å². The molecular formula is C13H16INO2. The third kappa shape index (κ3) is 3.12. The van der Waals surface area contributed by atoms with Crippen molar-refractivity contribution in [2.45, 2.75) is 25.7 Å². The fourth-order valence-electron chi connectivity index (χ4n) is 2.27. The second kappa shape index (κ2) is 5.71. The van der Waals surface area contributed by atoms with Crippen molar-refractivity contribution in [1.82, 2.24) is 0 Å². The van der Waals surface area contributed by atoms with Gasteiger partial charge < -0.3 is 10.0 Å². The summed E-state index contributed by atoms with van der Waals surface area (Å²) < 4.78 is 0.971. The number of halogens is 1. The largest absolute Gasteiger partial charge is 0.478 e. The smallest absolute Gasteiger partial charge is 0.337 e. The first-order chi connectivity index (χ1) is 8.18. The quantitative estimate of drug-likeness (QED) is 0.836. The molecule has 17 heavy (non-hydrogen) atoms. The van der Waals surface area contributed by atoms with E-state index in [1.807, 2.05) is 12.1 Å². The Labute approximate surface area is 115 Å². The Morgan fingerprint density at radius 2 is 1.82 bits per heavy atom. The minimum absolute atomic E-state index is 0.429. The Morgan fingerprint density at radius 1 is 1.18 bits per heavy atom. The van der Waals surface area contributed by atoms with Gasteiger partial charge in [0.2, 0.25) is 0 Å². The van der Waals surface area contributed by atoms with Crippen molar-refractivity contribution in [2.75, 3.05) is 18.0 Å². The van der Waals surface area contributed by atoms with Gasteiger partial charge in [0.1, 0.15) is 0 Å². The van der Waals surface area contributed by atoms with Crippen LogP contribution in [0.5, 0.6) is 0 Å². The first-order valence-corrected chi connectivity index (χ1v) is 7.04. The number of anilines is 1. The highest BCUT2D eigenvalue weighted by molar-refractivity contribution is 14.1. The van der Waals surface area contributed by atoms with Crippen LogP contribution in [-0.4, -0.2) is 24.2 Å². The summed E-state index contributed by atoms with van der Waals surface area (Å²) in [6.07, 6.45) is 4.82. The van der Waals surface area contributed by atoms with Crippen LogP contribution in [0.15, 0.2) is 18.2 Å². The van der Waals surface area contributed by atoms with Crippen LogP contribution in [0.4, 0.5) is 5.69 Å². The number of nitrogens with zero attached hydrogens (tertiary/aromatic N) is 1. The summed E-state index contributed by atoms with van der Waals surface area (Å²) in [6, 6.07) is 5.67. The Balaban J connectivity index is 2.32. The first-order valence-electron chi connectivity index (χ1n) is 5.96. The zero-order chi connectivity index (χ0) is 12.3. The predicted molar refractivity (Wildman–Crippen MR) is 76.8 cm³/mol. The number of hydrogen-bond acceptors (Lipinski definition) is 2. The van der Waals surface area contributed by atoms with E-state index in [1.54, 1.807) is 6.07 Å². The maximum Gasteiger partial charge on any atom is 0.337 e. The van der Waals surface area contributed by atoms with Gasteiger partial charge in [-0.05, 0) is 53.6 Å². The van der Waals surface area contributed by atoms with Crippen molar-refractivity contribution in [3.05, 3.63) is 27.3 Å². The summed E-state index contributed by atoms with van der Waals surface area (Å²) in [7, 11) is 0. The monoisotopic (exact) mass is 345 g/mol. The van der Waals surface area contributed by atoms with Gasteiger partial charge in [0.05, 0.1) is 11.3 Å². The molecule has 92 valence electrons. The van der Waals surface area contributed by atoms with Crippen LogP contribution in [0.3, 0.4) is 0 Å². The molecule has 1 aromatic rings. The summed E-state index contributed by atoms with van der Waals surface area (Å²) in [4.78, 5) is 13.5. The lowest BCUT2D eigenvalue weighted by molar-refractivity contribution is 0.0697. The highest BCUT2D eigenvalue weighted by Gasteiger charge is 2.17. The van der Waals surface area contributed by atoms with Gasteiger partial charge in [0.25, 0.3) is 0 Å². The molecule has 0 bridgehead atoms.